The Balaban J connectivity index is 1.45. The van der Waals surface area contributed by atoms with Crippen LogP contribution in [0.25, 0.3) is 10.9 Å². The maximum absolute atomic E-state index is 12.7. The molecule has 1 aromatic heterocycles. The number of esters is 1. The highest BCUT2D eigenvalue weighted by molar-refractivity contribution is 6.02. The number of carbonyl (C=O) groups excluding carboxylic acids is 2. The zero-order chi connectivity index (χ0) is 18.1. The van der Waals surface area contributed by atoms with Crippen molar-refractivity contribution in [3.05, 3.63) is 65.4 Å². The Morgan fingerprint density at radius 2 is 1.85 bits per heavy atom. The van der Waals surface area contributed by atoms with Crippen molar-refractivity contribution in [2.45, 2.75) is 26.0 Å². The lowest BCUT2D eigenvalue weighted by molar-refractivity contribution is -0.140. The normalized spacial score (nSPS) is 14.7. The topological polar surface area (TPSA) is 75.3 Å². The number of para-hydroxylation sites is 1. The van der Waals surface area contributed by atoms with Gasteiger partial charge in [0.25, 0.3) is 5.91 Å². The molecule has 1 atom stereocenters. The number of rotatable bonds is 3. The standard InChI is InChI=1S/C20H19N3O3/c1-13(19(24)23-11-10-14-6-2-3-7-15(14)12-23)26-20(25)18-16-8-4-5-9-17(16)21-22-18/h2-9,13H,10-12H2,1H3,(H,21,22)/t13-/m1/s1. The lowest BCUT2D eigenvalue weighted by Gasteiger charge is -2.30. The number of aromatic nitrogens is 2. The third kappa shape index (κ3) is 2.94. The molecule has 1 amide bonds. The fourth-order valence-electron chi connectivity index (χ4n) is 3.33. The van der Waals surface area contributed by atoms with Crippen LogP contribution >= 0.6 is 0 Å². The van der Waals surface area contributed by atoms with Crippen LogP contribution in [0.1, 0.15) is 28.5 Å². The van der Waals surface area contributed by atoms with E-state index in [1.165, 1.54) is 5.56 Å². The van der Waals surface area contributed by atoms with Gasteiger partial charge in [0, 0.05) is 18.5 Å². The van der Waals surface area contributed by atoms with Gasteiger partial charge in [0.2, 0.25) is 0 Å². The molecule has 1 aliphatic heterocycles. The van der Waals surface area contributed by atoms with Gasteiger partial charge in [0.1, 0.15) is 0 Å². The van der Waals surface area contributed by atoms with Crippen molar-refractivity contribution in [2.24, 2.45) is 0 Å². The predicted octanol–water partition coefficient (Wildman–Crippen LogP) is 2.69. The summed E-state index contributed by atoms with van der Waals surface area (Å²) >= 11 is 0. The summed E-state index contributed by atoms with van der Waals surface area (Å²) in [4.78, 5) is 26.9. The summed E-state index contributed by atoms with van der Waals surface area (Å²) in [5.74, 6) is -0.784. The summed E-state index contributed by atoms with van der Waals surface area (Å²) < 4.78 is 5.39. The highest BCUT2D eigenvalue weighted by Crippen LogP contribution is 2.20. The van der Waals surface area contributed by atoms with Crippen molar-refractivity contribution < 1.29 is 14.3 Å². The van der Waals surface area contributed by atoms with E-state index in [0.717, 1.165) is 17.5 Å². The van der Waals surface area contributed by atoms with Crippen molar-refractivity contribution in [1.82, 2.24) is 15.1 Å². The number of nitrogens with one attached hydrogen (secondary N) is 1. The van der Waals surface area contributed by atoms with Crippen molar-refractivity contribution in [3.8, 4) is 0 Å². The van der Waals surface area contributed by atoms with Crippen LogP contribution in [0.5, 0.6) is 0 Å². The zero-order valence-electron chi connectivity index (χ0n) is 14.4. The summed E-state index contributed by atoms with van der Waals surface area (Å²) in [5, 5.41) is 7.51. The number of benzene rings is 2. The number of H-pyrrole nitrogens is 1. The number of hydrogen-bond donors (Lipinski definition) is 1. The lowest BCUT2D eigenvalue weighted by Crippen LogP contribution is -2.42. The van der Waals surface area contributed by atoms with Crippen LogP contribution in [0.2, 0.25) is 0 Å². The molecule has 0 saturated carbocycles. The molecule has 3 aromatic rings. The summed E-state index contributed by atoms with van der Waals surface area (Å²) in [5.41, 5.74) is 3.36. The SMILES string of the molecule is C[C@@H](OC(=O)c1n[nH]c2ccccc12)C(=O)N1CCc2ccccc2C1. The maximum atomic E-state index is 12.7. The van der Waals surface area contributed by atoms with E-state index >= 15 is 0 Å². The second-order valence-corrected chi connectivity index (χ2v) is 6.44. The Morgan fingerprint density at radius 1 is 1.12 bits per heavy atom. The molecule has 1 aliphatic rings. The quantitative estimate of drug-likeness (QED) is 0.738. The van der Waals surface area contributed by atoms with Crippen LogP contribution in [-0.4, -0.2) is 39.6 Å². The first-order valence-electron chi connectivity index (χ1n) is 8.63. The van der Waals surface area contributed by atoms with Crippen molar-refractivity contribution >= 4 is 22.8 Å². The summed E-state index contributed by atoms with van der Waals surface area (Å²) in [7, 11) is 0. The van der Waals surface area contributed by atoms with Gasteiger partial charge in [-0.05, 0) is 30.5 Å². The monoisotopic (exact) mass is 349 g/mol. The summed E-state index contributed by atoms with van der Waals surface area (Å²) in [6, 6.07) is 15.4. The van der Waals surface area contributed by atoms with Crippen molar-refractivity contribution in [1.29, 1.82) is 0 Å². The van der Waals surface area contributed by atoms with Gasteiger partial charge >= 0.3 is 5.97 Å². The van der Waals surface area contributed by atoms with Crippen LogP contribution in [0.15, 0.2) is 48.5 Å². The minimum absolute atomic E-state index is 0.187. The third-order valence-corrected chi connectivity index (χ3v) is 4.74. The van der Waals surface area contributed by atoms with E-state index in [4.69, 9.17) is 4.74 Å². The van der Waals surface area contributed by atoms with Crippen LogP contribution in [-0.2, 0) is 22.5 Å². The fraction of sp³-hybridized carbons (Fsp3) is 0.250. The molecule has 132 valence electrons. The molecule has 4 rings (SSSR count). The van der Waals surface area contributed by atoms with Gasteiger partial charge < -0.3 is 9.64 Å². The molecule has 2 heterocycles. The number of aromatic amines is 1. The fourth-order valence-corrected chi connectivity index (χ4v) is 3.33. The molecule has 6 nitrogen and oxygen atoms in total. The van der Waals surface area contributed by atoms with Gasteiger partial charge in [0.05, 0.1) is 5.52 Å². The van der Waals surface area contributed by atoms with Crippen LogP contribution in [0, 0.1) is 0 Å². The van der Waals surface area contributed by atoms with Crippen molar-refractivity contribution in [2.75, 3.05) is 6.54 Å². The Hall–Kier alpha value is -3.15. The van der Waals surface area contributed by atoms with E-state index in [1.54, 1.807) is 17.9 Å². The molecule has 1 N–H and O–H groups in total. The summed E-state index contributed by atoms with van der Waals surface area (Å²) in [6.45, 7) is 2.78. The molecule has 0 unspecified atom stereocenters. The molecule has 0 saturated heterocycles. The van der Waals surface area contributed by atoms with Crippen molar-refractivity contribution in [3.63, 3.8) is 0 Å². The molecule has 0 spiro atoms. The molecular weight excluding hydrogens is 330 g/mol. The molecule has 2 aromatic carbocycles. The number of hydrogen-bond acceptors (Lipinski definition) is 4. The Labute approximate surface area is 150 Å². The van der Waals surface area contributed by atoms with Gasteiger partial charge in [-0.15, -0.1) is 0 Å². The predicted molar refractivity (Wildman–Crippen MR) is 96.5 cm³/mol. The van der Waals surface area contributed by atoms with E-state index in [1.807, 2.05) is 36.4 Å². The molecule has 0 radical (unpaired) electrons. The Kier molecular flexibility index (Phi) is 4.16. The number of carbonyl (C=O) groups is 2. The van der Waals surface area contributed by atoms with Gasteiger partial charge in [-0.2, -0.15) is 5.10 Å². The smallest absolute Gasteiger partial charge is 0.360 e. The van der Waals surface area contributed by atoms with Gasteiger partial charge in [-0.3, -0.25) is 9.89 Å². The first kappa shape index (κ1) is 16.3. The zero-order valence-corrected chi connectivity index (χ0v) is 14.4. The van der Waals surface area contributed by atoms with E-state index in [2.05, 4.69) is 16.3 Å². The molecule has 26 heavy (non-hydrogen) atoms. The molecule has 0 aliphatic carbocycles. The van der Waals surface area contributed by atoms with Crippen LogP contribution in [0.4, 0.5) is 0 Å². The first-order valence-corrected chi connectivity index (χ1v) is 8.63. The molecule has 0 fully saturated rings. The number of fused-ring (bicyclic) bond motifs is 2. The van der Waals surface area contributed by atoms with Crippen LogP contribution < -0.4 is 0 Å². The number of amides is 1. The minimum atomic E-state index is -0.858. The highest BCUT2D eigenvalue weighted by Gasteiger charge is 2.28. The molecule has 0 bridgehead atoms. The Bertz CT molecular complexity index is 979. The average Bonchev–Trinajstić information content (AvgIpc) is 3.11. The number of nitrogens with zero attached hydrogens (tertiary/aromatic N) is 2. The Morgan fingerprint density at radius 3 is 2.69 bits per heavy atom. The molecular formula is C20H19N3O3. The van der Waals surface area contributed by atoms with Crippen LogP contribution in [0.3, 0.4) is 0 Å². The minimum Gasteiger partial charge on any atom is -0.448 e. The molecule has 6 heteroatoms. The highest BCUT2D eigenvalue weighted by atomic mass is 16.5. The van der Waals surface area contributed by atoms with E-state index in [9.17, 15) is 9.59 Å². The largest absolute Gasteiger partial charge is 0.448 e. The van der Waals surface area contributed by atoms with Gasteiger partial charge in [-0.1, -0.05) is 42.5 Å². The second-order valence-electron chi connectivity index (χ2n) is 6.44. The van der Waals surface area contributed by atoms with E-state index in [-0.39, 0.29) is 11.6 Å². The average molecular weight is 349 g/mol. The van der Waals surface area contributed by atoms with Gasteiger partial charge in [-0.25, -0.2) is 4.79 Å². The second kappa shape index (κ2) is 6.63. The number of ether oxygens (including phenoxy) is 1. The first-order chi connectivity index (χ1) is 12.6. The van der Waals surface area contributed by atoms with Gasteiger partial charge in [0.15, 0.2) is 11.8 Å². The summed E-state index contributed by atoms with van der Waals surface area (Å²) in [6.07, 6.45) is -0.0460. The lowest BCUT2D eigenvalue weighted by atomic mass is 9.99. The van der Waals surface area contributed by atoms with E-state index < -0.39 is 12.1 Å². The van der Waals surface area contributed by atoms with E-state index in [0.29, 0.717) is 18.5 Å². The maximum Gasteiger partial charge on any atom is 0.360 e. The third-order valence-electron chi connectivity index (χ3n) is 4.74.